The summed E-state index contributed by atoms with van der Waals surface area (Å²) in [6.07, 6.45) is 80.1. The number of carbonyl (C=O) groups excluding carboxylic acids is 3. The Bertz CT molecular complexity index is 1270. The standard InChI is InChI=1S/C70H130O6/c1-4-7-10-13-16-19-22-25-28-31-33-35-37-39-42-45-48-51-54-57-60-63-69(72)75-66-67(65-74-68(71)62-59-56-53-50-47-44-41-30-27-24-21-18-15-12-9-6-3)76-70(73)64-61-58-55-52-49-46-43-40-38-36-34-32-29-26-23-20-17-14-11-8-5-2/h22,25,31-34,67H,4-21,23-24,26-30,35-66H2,1-3H3/b25-22-,33-31-,34-32-. The zero-order valence-electron chi connectivity index (χ0n) is 51.3. The van der Waals surface area contributed by atoms with Crippen molar-refractivity contribution in [1.29, 1.82) is 0 Å². The molecule has 1 atom stereocenters. The van der Waals surface area contributed by atoms with Crippen LogP contribution in [0.3, 0.4) is 0 Å². The molecule has 6 nitrogen and oxygen atoms in total. The number of ether oxygens (including phenoxy) is 3. The first-order valence-electron chi connectivity index (χ1n) is 34.0. The molecule has 76 heavy (non-hydrogen) atoms. The van der Waals surface area contributed by atoms with E-state index < -0.39 is 6.10 Å². The fourth-order valence-electron chi connectivity index (χ4n) is 10.2. The zero-order valence-corrected chi connectivity index (χ0v) is 51.3. The van der Waals surface area contributed by atoms with Crippen LogP contribution in [0.4, 0.5) is 0 Å². The highest BCUT2D eigenvalue weighted by molar-refractivity contribution is 5.71. The molecule has 0 aromatic rings. The van der Waals surface area contributed by atoms with Crippen LogP contribution in [0.1, 0.15) is 374 Å². The Balaban J connectivity index is 4.32. The molecule has 0 aromatic carbocycles. The van der Waals surface area contributed by atoms with E-state index in [1.165, 1.54) is 270 Å². The van der Waals surface area contributed by atoms with E-state index in [2.05, 4.69) is 57.2 Å². The van der Waals surface area contributed by atoms with Gasteiger partial charge in [-0.15, -0.1) is 0 Å². The number of hydrogen-bond acceptors (Lipinski definition) is 6. The van der Waals surface area contributed by atoms with Crippen molar-refractivity contribution in [2.24, 2.45) is 0 Å². The van der Waals surface area contributed by atoms with Crippen molar-refractivity contribution in [2.75, 3.05) is 13.2 Å². The van der Waals surface area contributed by atoms with Crippen LogP contribution in [0.5, 0.6) is 0 Å². The van der Waals surface area contributed by atoms with Gasteiger partial charge in [-0.25, -0.2) is 0 Å². The van der Waals surface area contributed by atoms with Crippen molar-refractivity contribution in [2.45, 2.75) is 380 Å². The smallest absolute Gasteiger partial charge is 0.306 e. The van der Waals surface area contributed by atoms with Gasteiger partial charge >= 0.3 is 17.9 Å². The number of rotatable bonds is 63. The predicted octanol–water partition coefficient (Wildman–Crippen LogP) is 23.2. The first-order valence-corrected chi connectivity index (χ1v) is 34.0. The SMILES string of the molecule is CCCCCCC/C=C\C/C=C\CCCCCCCCCCCC(=O)OCC(COC(=O)CCCCCCCCCCCCCCCCCC)OC(=O)CCCCCCCCCCC/C=C\CCCCCCCCCC. The topological polar surface area (TPSA) is 78.9 Å². The molecule has 1 unspecified atom stereocenters. The van der Waals surface area contributed by atoms with Crippen molar-refractivity contribution in [1.82, 2.24) is 0 Å². The second-order valence-electron chi connectivity index (χ2n) is 23.1. The minimum atomic E-state index is -0.774. The maximum absolute atomic E-state index is 12.9. The van der Waals surface area contributed by atoms with Gasteiger partial charge in [0, 0.05) is 19.3 Å². The molecule has 0 N–H and O–H groups in total. The van der Waals surface area contributed by atoms with E-state index in [4.69, 9.17) is 14.2 Å². The Morgan fingerprint density at radius 1 is 0.263 bits per heavy atom. The van der Waals surface area contributed by atoms with E-state index in [0.717, 1.165) is 64.2 Å². The summed E-state index contributed by atoms with van der Waals surface area (Å²) >= 11 is 0. The molecule has 0 fully saturated rings. The normalized spacial score (nSPS) is 12.2. The quantitative estimate of drug-likeness (QED) is 0.0261. The molecule has 0 saturated heterocycles. The summed E-state index contributed by atoms with van der Waals surface area (Å²) < 4.78 is 17.0. The highest BCUT2D eigenvalue weighted by Crippen LogP contribution is 2.18. The van der Waals surface area contributed by atoms with Gasteiger partial charge in [0.05, 0.1) is 0 Å². The van der Waals surface area contributed by atoms with Gasteiger partial charge in [-0.3, -0.25) is 14.4 Å². The summed E-state index contributed by atoms with van der Waals surface area (Å²) in [6, 6.07) is 0. The number of carbonyl (C=O) groups is 3. The lowest BCUT2D eigenvalue weighted by Gasteiger charge is -2.18. The van der Waals surface area contributed by atoms with E-state index in [-0.39, 0.29) is 31.1 Å². The molecule has 0 aliphatic heterocycles. The number of hydrogen-bond donors (Lipinski definition) is 0. The van der Waals surface area contributed by atoms with Crippen LogP contribution in [0.25, 0.3) is 0 Å². The Labute approximate surface area is 474 Å². The fourth-order valence-corrected chi connectivity index (χ4v) is 10.2. The van der Waals surface area contributed by atoms with Gasteiger partial charge in [0.25, 0.3) is 0 Å². The lowest BCUT2D eigenvalue weighted by atomic mass is 10.0. The summed E-state index contributed by atoms with van der Waals surface area (Å²) in [6.45, 7) is 6.70. The average molecular weight is 1070 g/mol. The van der Waals surface area contributed by atoms with Gasteiger partial charge in [0.2, 0.25) is 0 Å². The Morgan fingerprint density at radius 2 is 0.474 bits per heavy atom. The highest BCUT2D eigenvalue weighted by Gasteiger charge is 2.19. The van der Waals surface area contributed by atoms with Crippen LogP contribution < -0.4 is 0 Å². The molecule has 0 spiro atoms. The third-order valence-electron chi connectivity index (χ3n) is 15.4. The van der Waals surface area contributed by atoms with E-state index >= 15 is 0 Å². The van der Waals surface area contributed by atoms with Crippen LogP contribution in [-0.4, -0.2) is 37.2 Å². The second-order valence-corrected chi connectivity index (χ2v) is 23.1. The van der Waals surface area contributed by atoms with E-state index in [1.54, 1.807) is 0 Å². The van der Waals surface area contributed by atoms with Crippen LogP contribution in [0.15, 0.2) is 36.5 Å². The summed E-state index contributed by atoms with van der Waals surface area (Å²) in [5.74, 6) is -0.848. The summed E-state index contributed by atoms with van der Waals surface area (Å²) in [7, 11) is 0. The van der Waals surface area contributed by atoms with Gasteiger partial charge in [-0.2, -0.15) is 0 Å². The zero-order chi connectivity index (χ0) is 55.0. The van der Waals surface area contributed by atoms with Crippen molar-refractivity contribution in [3.05, 3.63) is 36.5 Å². The van der Waals surface area contributed by atoms with Gasteiger partial charge < -0.3 is 14.2 Å². The van der Waals surface area contributed by atoms with Crippen LogP contribution in [-0.2, 0) is 28.6 Å². The minimum Gasteiger partial charge on any atom is -0.462 e. The lowest BCUT2D eigenvalue weighted by molar-refractivity contribution is -0.167. The number of esters is 3. The third-order valence-corrected chi connectivity index (χ3v) is 15.4. The molecule has 0 aliphatic rings. The molecule has 0 saturated carbocycles. The highest BCUT2D eigenvalue weighted by atomic mass is 16.6. The van der Waals surface area contributed by atoms with Crippen LogP contribution in [0, 0.1) is 0 Å². The minimum absolute atomic E-state index is 0.0695. The summed E-state index contributed by atoms with van der Waals surface area (Å²) in [5, 5.41) is 0. The molecule has 0 bridgehead atoms. The van der Waals surface area contributed by atoms with Crippen LogP contribution >= 0.6 is 0 Å². The molecular weight excluding hydrogens is 937 g/mol. The molecule has 0 aromatic heterocycles. The Kier molecular flexibility index (Phi) is 63.1. The number of allylic oxidation sites excluding steroid dienone is 6. The first-order chi connectivity index (χ1) is 37.5. The molecule has 0 aliphatic carbocycles. The molecule has 0 rings (SSSR count). The van der Waals surface area contributed by atoms with Crippen molar-refractivity contribution >= 4 is 17.9 Å². The molecule has 0 heterocycles. The Hall–Kier alpha value is -2.37. The maximum Gasteiger partial charge on any atom is 0.306 e. The molecule has 6 heteroatoms. The summed E-state index contributed by atoms with van der Waals surface area (Å²) in [4.78, 5) is 38.4. The molecule has 0 amide bonds. The van der Waals surface area contributed by atoms with E-state index in [9.17, 15) is 14.4 Å². The van der Waals surface area contributed by atoms with Gasteiger partial charge in [0.1, 0.15) is 13.2 Å². The molecular formula is C70H130O6. The van der Waals surface area contributed by atoms with Gasteiger partial charge in [-0.05, 0) is 77.0 Å². The lowest BCUT2D eigenvalue weighted by Crippen LogP contribution is -2.30. The number of unbranched alkanes of at least 4 members (excludes halogenated alkanes) is 46. The maximum atomic E-state index is 12.9. The third kappa shape index (κ3) is 62.5. The van der Waals surface area contributed by atoms with E-state index in [1.807, 2.05) is 0 Å². The largest absolute Gasteiger partial charge is 0.462 e. The average Bonchev–Trinajstić information content (AvgIpc) is 3.42. The van der Waals surface area contributed by atoms with Crippen molar-refractivity contribution in [3.8, 4) is 0 Å². The van der Waals surface area contributed by atoms with Gasteiger partial charge in [-0.1, -0.05) is 314 Å². The van der Waals surface area contributed by atoms with Crippen LogP contribution in [0.2, 0.25) is 0 Å². The Morgan fingerprint density at radius 3 is 0.737 bits per heavy atom. The van der Waals surface area contributed by atoms with E-state index in [0.29, 0.717) is 19.3 Å². The first kappa shape index (κ1) is 73.6. The monoisotopic (exact) mass is 1070 g/mol. The fraction of sp³-hybridized carbons (Fsp3) is 0.871. The molecule has 446 valence electrons. The molecule has 0 radical (unpaired) electrons. The predicted molar refractivity (Wildman–Crippen MR) is 330 cm³/mol. The van der Waals surface area contributed by atoms with Gasteiger partial charge in [0.15, 0.2) is 6.10 Å². The van der Waals surface area contributed by atoms with Crippen molar-refractivity contribution in [3.63, 3.8) is 0 Å². The summed E-state index contributed by atoms with van der Waals surface area (Å²) in [5.41, 5.74) is 0. The second kappa shape index (κ2) is 65.2. The van der Waals surface area contributed by atoms with Crippen molar-refractivity contribution < 1.29 is 28.6 Å².